The molecule has 0 aliphatic carbocycles. The van der Waals surface area contributed by atoms with Gasteiger partial charge in [0.25, 0.3) is 0 Å². The summed E-state index contributed by atoms with van der Waals surface area (Å²) in [5.74, 6) is 1.53. The Morgan fingerprint density at radius 2 is 2.09 bits per heavy atom. The molecule has 22 heavy (non-hydrogen) atoms. The predicted octanol–water partition coefficient (Wildman–Crippen LogP) is 2.74. The normalized spacial score (nSPS) is 10.4. The molecule has 118 valence electrons. The molecule has 6 heteroatoms. The number of hydrogen-bond donors (Lipinski definition) is 1. The van der Waals surface area contributed by atoms with Crippen LogP contribution in [0.1, 0.15) is 23.7 Å². The summed E-state index contributed by atoms with van der Waals surface area (Å²) >= 11 is 0. The second-order valence-corrected chi connectivity index (χ2v) is 4.83. The molecule has 2 rings (SSSR count). The number of nitrogens with zero attached hydrogens (tertiary/aromatic N) is 1. The summed E-state index contributed by atoms with van der Waals surface area (Å²) in [6.07, 6.45) is 0.900. The lowest BCUT2D eigenvalue weighted by atomic mass is 10.1. The van der Waals surface area contributed by atoms with Crippen molar-refractivity contribution in [3.8, 4) is 11.5 Å². The number of amides is 1. The third-order valence-corrected chi connectivity index (χ3v) is 3.43. The van der Waals surface area contributed by atoms with Gasteiger partial charge in [-0.05, 0) is 31.5 Å². The second kappa shape index (κ2) is 6.98. The Kier molecular flexibility index (Phi) is 5.04. The molecule has 0 radical (unpaired) electrons. The molecule has 6 nitrogen and oxygen atoms in total. The van der Waals surface area contributed by atoms with Gasteiger partial charge < -0.3 is 14.0 Å². The lowest BCUT2D eigenvalue weighted by molar-refractivity contribution is -0.115. The minimum Gasteiger partial charge on any atom is -0.497 e. The van der Waals surface area contributed by atoms with Gasteiger partial charge in [0.2, 0.25) is 11.8 Å². The van der Waals surface area contributed by atoms with Crippen molar-refractivity contribution in [3.05, 3.63) is 35.0 Å². The largest absolute Gasteiger partial charge is 0.497 e. The van der Waals surface area contributed by atoms with Crippen molar-refractivity contribution >= 4 is 11.8 Å². The van der Waals surface area contributed by atoms with E-state index in [4.69, 9.17) is 14.0 Å². The molecule has 0 bridgehead atoms. The van der Waals surface area contributed by atoms with Crippen LogP contribution in [-0.4, -0.2) is 25.3 Å². The monoisotopic (exact) mass is 304 g/mol. The van der Waals surface area contributed by atoms with Gasteiger partial charge in [-0.3, -0.25) is 10.1 Å². The van der Waals surface area contributed by atoms with Crippen LogP contribution in [0.2, 0.25) is 0 Å². The zero-order valence-electron chi connectivity index (χ0n) is 13.2. The van der Waals surface area contributed by atoms with E-state index < -0.39 is 0 Å². The molecule has 0 fully saturated rings. The summed E-state index contributed by atoms with van der Waals surface area (Å²) in [5, 5.41) is 6.63. The number of rotatable bonds is 6. The van der Waals surface area contributed by atoms with E-state index in [1.165, 1.54) is 0 Å². The van der Waals surface area contributed by atoms with Gasteiger partial charge in [0.1, 0.15) is 11.5 Å². The van der Waals surface area contributed by atoms with Crippen molar-refractivity contribution in [2.24, 2.45) is 0 Å². The molecular formula is C16H20N2O4. The SMILES string of the molecule is CCc1c(C)noc1NC(=O)Cc1cc(OC)ccc1OC. The van der Waals surface area contributed by atoms with Crippen LogP contribution in [0.5, 0.6) is 11.5 Å². The van der Waals surface area contributed by atoms with E-state index >= 15 is 0 Å². The number of methoxy groups -OCH3 is 2. The highest BCUT2D eigenvalue weighted by Gasteiger charge is 2.16. The first-order valence-corrected chi connectivity index (χ1v) is 7.04. The van der Waals surface area contributed by atoms with Crippen molar-refractivity contribution in [1.29, 1.82) is 0 Å². The Hall–Kier alpha value is -2.50. The first kappa shape index (κ1) is 15.9. The topological polar surface area (TPSA) is 73.6 Å². The second-order valence-electron chi connectivity index (χ2n) is 4.83. The molecular weight excluding hydrogens is 284 g/mol. The molecule has 0 aliphatic rings. The Bertz CT molecular complexity index is 664. The highest BCUT2D eigenvalue weighted by molar-refractivity contribution is 5.92. The number of carbonyl (C=O) groups excluding carboxylic acids is 1. The minimum atomic E-state index is -0.197. The lowest BCUT2D eigenvalue weighted by Gasteiger charge is -2.10. The fraction of sp³-hybridized carbons (Fsp3) is 0.375. The van der Waals surface area contributed by atoms with Gasteiger partial charge in [0.15, 0.2) is 0 Å². The number of hydrogen-bond acceptors (Lipinski definition) is 5. The number of benzene rings is 1. The smallest absolute Gasteiger partial charge is 0.234 e. The maximum absolute atomic E-state index is 12.2. The average molecular weight is 304 g/mol. The quantitative estimate of drug-likeness (QED) is 0.888. The van der Waals surface area contributed by atoms with Gasteiger partial charge in [0.05, 0.1) is 26.3 Å². The molecule has 0 saturated heterocycles. The highest BCUT2D eigenvalue weighted by atomic mass is 16.5. The third-order valence-electron chi connectivity index (χ3n) is 3.43. The minimum absolute atomic E-state index is 0.156. The summed E-state index contributed by atoms with van der Waals surface area (Å²) < 4.78 is 15.6. The zero-order valence-corrected chi connectivity index (χ0v) is 13.2. The van der Waals surface area contributed by atoms with Gasteiger partial charge in [0, 0.05) is 11.1 Å². The van der Waals surface area contributed by atoms with Gasteiger partial charge in [-0.15, -0.1) is 0 Å². The van der Waals surface area contributed by atoms with Crippen LogP contribution in [0, 0.1) is 6.92 Å². The maximum Gasteiger partial charge on any atom is 0.234 e. The molecule has 0 aliphatic heterocycles. The first-order chi connectivity index (χ1) is 10.6. The van der Waals surface area contributed by atoms with Crippen LogP contribution in [0.15, 0.2) is 22.7 Å². The van der Waals surface area contributed by atoms with E-state index in [2.05, 4.69) is 10.5 Å². The number of anilines is 1. The molecule has 0 atom stereocenters. The van der Waals surface area contributed by atoms with E-state index in [0.717, 1.165) is 23.2 Å². The Morgan fingerprint density at radius 3 is 2.73 bits per heavy atom. The van der Waals surface area contributed by atoms with E-state index in [1.807, 2.05) is 13.8 Å². The van der Waals surface area contributed by atoms with Crippen LogP contribution in [0.4, 0.5) is 5.88 Å². The summed E-state index contributed by atoms with van der Waals surface area (Å²) in [5.41, 5.74) is 2.44. The highest BCUT2D eigenvalue weighted by Crippen LogP contribution is 2.25. The van der Waals surface area contributed by atoms with Crippen LogP contribution >= 0.6 is 0 Å². The number of carbonyl (C=O) groups is 1. The molecule has 0 unspecified atom stereocenters. The number of aromatic nitrogens is 1. The molecule has 0 spiro atoms. The molecule has 1 heterocycles. The molecule has 1 amide bonds. The average Bonchev–Trinajstić information content (AvgIpc) is 2.86. The zero-order chi connectivity index (χ0) is 16.1. The number of aryl methyl sites for hydroxylation is 1. The standard InChI is InChI=1S/C16H20N2O4/c1-5-13-10(2)18-22-16(13)17-15(19)9-11-8-12(20-3)6-7-14(11)21-4/h6-8H,5,9H2,1-4H3,(H,17,19). The van der Waals surface area contributed by atoms with Crippen molar-refractivity contribution in [2.75, 3.05) is 19.5 Å². The molecule has 1 aromatic carbocycles. The number of nitrogens with one attached hydrogen (secondary N) is 1. The molecule has 1 aromatic heterocycles. The third kappa shape index (κ3) is 3.39. The van der Waals surface area contributed by atoms with E-state index in [9.17, 15) is 4.79 Å². The van der Waals surface area contributed by atoms with Gasteiger partial charge >= 0.3 is 0 Å². The molecule has 2 aromatic rings. The van der Waals surface area contributed by atoms with Crippen molar-refractivity contribution < 1.29 is 18.8 Å². The lowest BCUT2D eigenvalue weighted by Crippen LogP contribution is -2.15. The van der Waals surface area contributed by atoms with Gasteiger partial charge in [-0.2, -0.15) is 0 Å². The van der Waals surface area contributed by atoms with Crippen LogP contribution in [0.3, 0.4) is 0 Å². The fourth-order valence-corrected chi connectivity index (χ4v) is 2.27. The van der Waals surface area contributed by atoms with E-state index in [0.29, 0.717) is 17.4 Å². The Balaban J connectivity index is 2.15. The maximum atomic E-state index is 12.2. The Labute approximate surface area is 129 Å². The van der Waals surface area contributed by atoms with Crippen LogP contribution in [0.25, 0.3) is 0 Å². The van der Waals surface area contributed by atoms with E-state index in [-0.39, 0.29) is 12.3 Å². The summed E-state index contributed by atoms with van der Waals surface area (Å²) in [7, 11) is 3.15. The summed E-state index contributed by atoms with van der Waals surface area (Å²) in [4.78, 5) is 12.2. The predicted molar refractivity (Wildman–Crippen MR) is 82.5 cm³/mol. The van der Waals surface area contributed by atoms with Gasteiger partial charge in [-0.25, -0.2) is 0 Å². The van der Waals surface area contributed by atoms with Crippen LogP contribution < -0.4 is 14.8 Å². The van der Waals surface area contributed by atoms with E-state index in [1.54, 1.807) is 32.4 Å². The first-order valence-electron chi connectivity index (χ1n) is 7.04. The molecule has 1 N–H and O–H groups in total. The Morgan fingerprint density at radius 1 is 1.32 bits per heavy atom. The fourth-order valence-electron chi connectivity index (χ4n) is 2.27. The van der Waals surface area contributed by atoms with Crippen molar-refractivity contribution in [3.63, 3.8) is 0 Å². The van der Waals surface area contributed by atoms with Gasteiger partial charge in [-0.1, -0.05) is 12.1 Å². The van der Waals surface area contributed by atoms with Crippen LogP contribution in [-0.2, 0) is 17.6 Å². The number of ether oxygens (including phenoxy) is 2. The summed E-state index contributed by atoms with van der Waals surface area (Å²) in [6.45, 7) is 3.84. The molecule has 0 saturated carbocycles. The summed E-state index contributed by atoms with van der Waals surface area (Å²) in [6, 6.07) is 5.34. The van der Waals surface area contributed by atoms with Crippen molar-refractivity contribution in [2.45, 2.75) is 26.7 Å². The van der Waals surface area contributed by atoms with Crippen molar-refractivity contribution in [1.82, 2.24) is 5.16 Å².